The predicted octanol–water partition coefficient (Wildman–Crippen LogP) is 2.14. The summed E-state index contributed by atoms with van der Waals surface area (Å²) in [5.74, 6) is -2.33. The van der Waals surface area contributed by atoms with Gasteiger partial charge in [-0.25, -0.2) is 0 Å². The van der Waals surface area contributed by atoms with Gasteiger partial charge in [0.15, 0.2) is 0 Å². The highest BCUT2D eigenvalue weighted by atomic mass is 35.5. The van der Waals surface area contributed by atoms with E-state index in [0.29, 0.717) is 0 Å². The molecule has 5 nitrogen and oxygen atoms in total. The van der Waals surface area contributed by atoms with Crippen LogP contribution in [0.1, 0.15) is 6.42 Å². The Kier molecular flexibility index (Phi) is 3.36. The van der Waals surface area contributed by atoms with Gasteiger partial charge in [-0.05, 0) is 6.07 Å². The summed E-state index contributed by atoms with van der Waals surface area (Å²) >= 11 is 11.6. The van der Waals surface area contributed by atoms with E-state index >= 15 is 0 Å². The lowest BCUT2D eigenvalue weighted by molar-refractivity contribution is -0.141. The summed E-state index contributed by atoms with van der Waals surface area (Å²) in [4.78, 5) is 23.8. The third-order valence-corrected chi connectivity index (χ3v) is 3.39. The molecule has 1 saturated heterocycles. The molecule has 1 heterocycles. The fraction of sp³-hybridized carbons (Fsp3) is 0.273. The molecule has 18 heavy (non-hydrogen) atoms. The van der Waals surface area contributed by atoms with E-state index in [0.717, 1.165) is 0 Å². The molecule has 1 atom stereocenters. The zero-order valence-corrected chi connectivity index (χ0v) is 10.6. The maximum absolute atomic E-state index is 11.7. The first-order chi connectivity index (χ1) is 8.40. The number of carboxylic acid groups (broad SMARTS) is 1. The molecule has 2 rings (SSSR count). The van der Waals surface area contributed by atoms with Crippen molar-refractivity contribution in [2.24, 2.45) is 5.92 Å². The molecule has 0 bridgehead atoms. The van der Waals surface area contributed by atoms with Gasteiger partial charge in [-0.2, -0.15) is 0 Å². The molecule has 1 unspecified atom stereocenters. The van der Waals surface area contributed by atoms with Gasteiger partial charge in [0.05, 0.1) is 21.7 Å². The van der Waals surface area contributed by atoms with Crippen LogP contribution in [0.25, 0.3) is 0 Å². The van der Waals surface area contributed by atoms with Crippen molar-refractivity contribution in [1.29, 1.82) is 0 Å². The van der Waals surface area contributed by atoms with Crippen LogP contribution in [0.3, 0.4) is 0 Å². The number of benzene rings is 1. The molecule has 1 amide bonds. The van der Waals surface area contributed by atoms with Crippen molar-refractivity contribution >= 4 is 40.8 Å². The largest absolute Gasteiger partial charge is 0.506 e. The molecule has 96 valence electrons. The number of amides is 1. The van der Waals surface area contributed by atoms with Gasteiger partial charge in [-0.3, -0.25) is 9.59 Å². The van der Waals surface area contributed by atoms with Crippen LogP contribution in [-0.2, 0) is 9.59 Å². The summed E-state index contributed by atoms with van der Waals surface area (Å²) in [6, 6.07) is 2.57. The number of aliphatic carboxylic acids is 1. The molecule has 1 aliphatic heterocycles. The number of phenolic OH excluding ortho intramolecular Hbond substituents is 1. The van der Waals surface area contributed by atoms with Crippen LogP contribution in [0.15, 0.2) is 12.1 Å². The second kappa shape index (κ2) is 4.66. The quantitative estimate of drug-likeness (QED) is 0.874. The third-order valence-electron chi connectivity index (χ3n) is 2.78. The smallest absolute Gasteiger partial charge is 0.308 e. The van der Waals surface area contributed by atoms with E-state index in [1.54, 1.807) is 0 Å². The van der Waals surface area contributed by atoms with Crippen LogP contribution in [0, 0.1) is 5.92 Å². The zero-order chi connectivity index (χ0) is 13.4. The Bertz CT molecular complexity index is 532. The molecule has 0 spiro atoms. The van der Waals surface area contributed by atoms with Gasteiger partial charge in [0, 0.05) is 19.0 Å². The standard InChI is InChI=1S/C11H9Cl2NO4/c12-6-2-7(13)9(15)3-8(6)14-4-5(11(17)18)1-10(14)16/h2-3,5,15H,1,4H2,(H,17,18). The Balaban J connectivity index is 2.35. The van der Waals surface area contributed by atoms with Gasteiger partial charge < -0.3 is 15.1 Å². The fourth-order valence-electron chi connectivity index (χ4n) is 1.84. The number of aromatic hydroxyl groups is 1. The van der Waals surface area contributed by atoms with Crippen LogP contribution >= 0.6 is 23.2 Å². The molecule has 0 saturated carbocycles. The predicted molar refractivity (Wildman–Crippen MR) is 66.2 cm³/mol. The van der Waals surface area contributed by atoms with E-state index in [9.17, 15) is 14.7 Å². The first-order valence-corrected chi connectivity index (χ1v) is 5.87. The summed E-state index contributed by atoms with van der Waals surface area (Å²) in [5.41, 5.74) is 0.271. The Hall–Kier alpha value is -1.46. The molecule has 1 aromatic carbocycles. The van der Waals surface area contributed by atoms with E-state index in [4.69, 9.17) is 28.3 Å². The van der Waals surface area contributed by atoms with Crippen LogP contribution in [0.4, 0.5) is 5.69 Å². The van der Waals surface area contributed by atoms with E-state index in [1.807, 2.05) is 0 Å². The van der Waals surface area contributed by atoms with Crippen molar-refractivity contribution in [3.63, 3.8) is 0 Å². The average molecular weight is 290 g/mol. The SMILES string of the molecule is O=C(O)C1CC(=O)N(c2cc(O)c(Cl)cc2Cl)C1. The minimum Gasteiger partial charge on any atom is -0.506 e. The molecule has 7 heteroatoms. The van der Waals surface area contributed by atoms with Gasteiger partial charge in [-0.15, -0.1) is 0 Å². The Morgan fingerprint density at radius 2 is 2.00 bits per heavy atom. The molecule has 0 aliphatic carbocycles. The molecule has 0 aromatic heterocycles. The van der Waals surface area contributed by atoms with E-state index in [-0.39, 0.29) is 40.4 Å². The van der Waals surface area contributed by atoms with Gasteiger partial charge >= 0.3 is 5.97 Å². The van der Waals surface area contributed by atoms with Gasteiger partial charge in [-0.1, -0.05) is 23.2 Å². The maximum Gasteiger partial charge on any atom is 0.308 e. The van der Waals surface area contributed by atoms with Crippen LogP contribution in [-0.4, -0.2) is 28.6 Å². The van der Waals surface area contributed by atoms with Gasteiger partial charge in [0.2, 0.25) is 5.91 Å². The first-order valence-electron chi connectivity index (χ1n) is 5.11. The lowest BCUT2D eigenvalue weighted by atomic mass is 10.1. The molecule has 1 aromatic rings. The first kappa shape index (κ1) is 13.0. The lowest BCUT2D eigenvalue weighted by Crippen LogP contribution is -2.26. The monoisotopic (exact) mass is 289 g/mol. The normalized spacial score (nSPS) is 19.3. The number of anilines is 1. The molecule has 1 aliphatic rings. The number of hydrogen-bond acceptors (Lipinski definition) is 3. The highest BCUT2D eigenvalue weighted by Crippen LogP contribution is 2.37. The number of rotatable bonds is 2. The number of carbonyl (C=O) groups is 2. The minimum absolute atomic E-state index is 0.0367. The number of nitrogens with zero attached hydrogens (tertiary/aromatic N) is 1. The highest BCUT2D eigenvalue weighted by Gasteiger charge is 2.36. The Morgan fingerprint density at radius 3 is 2.56 bits per heavy atom. The van der Waals surface area contributed by atoms with E-state index in [2.05, 4.69) is 0 Å². The number of phenols is 1. The number of halogens is 2. The number of carbonyl (C=O) groups excluding carboxylic acids is 1. The minimum atomic E-state index is -1.03. The number of hydrogen-bond donors (Lipinski definition) is 2. The Morgan fingerprint density at radius 1 is 1.33 bits per heavy atom. The summed E-state index contributed by atoms with van der Waals surface area (Å²) in [5, 5.41) is 18.6. The lowest BCUT2D eigenvalue weighted by Gasteiger charge is -2.18. The summed E-state index contributed by atoms with van der Waals surface area (Å²) in [6.07, 6.45) is -0.0744. The molecule has 2 N–H and O–H groups in total. The van der Waals surface area contributed by atoms with Crippen molar-refractivity contribution in [2.75, 3.05) is 11.4 Å². The molecular weight excluding hydrogens is 281 g/mol. The van der Waals surface area contributed by atoms with Crippen molar-refractivity contribution in [3.05, 3.63) is 22.2 Å². The number of carboxylic acids is 1. The van der Waals surface area contributed by atoms with Crippen molar-refractivity contribution in [3.8, 4) is 5.75 Å². The van der Waals surface area contributed by atoms with Crippen LogP contribution in [0.2, 0.25) is 10.0 Å². The van der Waals surface area contributed by atoms with Gasteiger partial charge in [0.25, 0.3) is 0 Å². The fourth-order valence-corrected chi connectivity index (χ4v) is 2.32. The second-order valence-corrected chi connectivity index (χ2v) is 4.81. The van der Waals surface area contributed by atoms with Crippen molar-refractivity contribution in [2.45, 2.75) is 6.42 Å². The van der Waals surface area contributed by atoms with Crippen molar-refractivity contribution in [1.82, 2.24) is 0 Å². The summed E-state index contributed by atoms with van der Waals surface area (Å²) in [6.45, 7) is 0.0367. The van der Waals surface area contributed by atoms with E-state index < -0.39 is 11.9 Å². The Labute approximate surface area is 113 Å². The highest BCUT2D eigenvalue weighted by molar-refractivity contribution is 6.37. The summed E-state index contributed by atoms with van der Waals surface area (Å²) in [7, 11) is 0. The topological polar surface area (TPSA) is 77.8 Å². The van der Waals surface area contributed by atoms with Crippen LogP contribution in [0.5, 0.6) is 5.75 Å². The van der Waals surface area contributed by atoms with Crippen molar-refractivity contribution < 1.29 is 19.8 Å². The molecule has 0 radical (unpaired) electrons. The van der Waals surface area contributed by atoms with Gasteiger partial charge in [0.1, 0.15) is 5.75 Å². The maximum atomic E-state index is 11.7. The average Bonchev–Trinajstić information content (AvgIpc) is 2.66. The van der Waals surface area contributed by atoms with E-state index in [1.165, 1.54) is 17.0 Å². The van der Waals surface area contributed by atoms with Crippen LogP contribution < -0.4 is 4.90 Å². The summed E-state index contributed by atoms with van der Waals surface area (Å²) < 4.78 is 0. The zero-order valence-electron chi connectivity index (χ0n) is 9.06. The third kappa shape index (κ3) is 2.23. The molecule has 1 fully saturated rings. The second-order valence-electron chi connectivity index (χ2n) is 4.00. The molecular formula is C11H9Cl2NO4.